The number of carboxylic acids is 1. The fourth-order valence-corrected chi connectivity index (χ4v) is 2.48. The van der Waals surface area contributed by atoms with Gasteiger partial charge in [-0.05, 0) is 11.4 Å². The number of rotatable bonds is 7. The Hall–Kier alpha value is -1.89. The summed E-state index contributed by atoms with van der Waals surface area (Å²) in [5.74, 6) is -3.35. The maximum Gasteiger partial charge on any atom is 0.307 e. The van der Waals surface area contributed by atoms with Crippen LogP contribution in [0.3, 0.4) is 0 Å². The molecular formula is C14H19NO5S. The Morgan fingerprint density at radius 1 is 1.33 bits per heavy atom. The molecule has 0 fully saturated rings. The fourth-order valence-electron chi connectivity index (χ4n) is 1.71. The van der Waals surface area contributed by atoms with Crippen molar-refractivity contribution in [3.05, 3.63) is 22.4 Å². The summed E-state index contributed by atoms with van der Waals surface area (Å²) in [6.45, 7) is 3.03. The van der Waals surface area contributed by atoms with Crippen molar-refractivity contribution < 1.29 is 24.2 Å². The van der Waals surface area contributed by atoms with E-state index in [2.05, 4.69) is 10.1 Å². The van der Waals surface area contributed by atoms with Gasteiger partial charge < -0.3 is 15.2 Å². The Bertz CT molecular complexity index is 499. The van der Waals surface area contributed by atoms with E-state index in [-0.39, 0.29) is 6.42 Å². The summed E-state index contributed by atoms with van der Waals surface area (Å²) in [7, 11) is 1.28. The van der Waals surface area contributed by atoms with Gasteiger partial charge in [0.05, 0.1) is 25.5 Å². The molecule has 1 rings (SSSR count). The van der Waals surface area contributed by atoms with Gasteiger partial charge in [-0.25, -0.2) is 0 Å². The Kier molecular flexibility index (Phi) is 6.36. The first-order valence-electron chi connectivity index (χ1n) is 6.50. The highest BCUT2D eigenvalue weighted by atomic mass is 32.1. The van der Waals surface area contributed by atoms with Crippen LogP contribution in [0.5, 0.6) is 0 Å². The van der Waals surface area contributed by atoms with Crippen molar-refractivity contribution in [1.82, 2.24) is 5.32 Å². The van der Waals surface area contributed by atoms with Crippen molar-refractivity contribution in [2.75, 3.05) is 7.11 Å². The molecule has 0 aliphatic heterocycles. The zero-order valence-corrected chi connectivity index (χ0v) is 13.0. The minimum Gasteiger partial charge on any atom is -0.481 e. The average Bonchev–Trinajstić information content (AvgIpc) is 2.98. The molecule has 116 valence electrons. The van der Waals surface area contributed by atoms with Crippen LogP contribution in [0, 0.1) is 11.8 Å². The van der Waals surface area contributed by atoms with Crippen LogP contribution >= 0.6 is 11.3 Å². The second-order valence-electron chi connectivity index (χ2n) is 4.77. The lowest BCUT2D eigenvalue weighted by molar-refractivity contribution is -0.146. The number of methoxy groups -OCH3 is 1. The summed E-state index contributed by atoms with van der Waals surface area (Å²) in [5, 5.41) is 13.5. The number of nitrogens with one attached hydrogen (secondary N) is 1. The lowest BCUT2D eigenvalue weighted by atomic mass is 9.95. The van der Waals surface area contributed by atoms with Gasteiger partial charge in [0, 0.05) is 10.8 Å². The minimum absolute atomic E-state index is 0.0108. The molecule has 0 spiro atoms. The molecule has 0 radical (unpaired) electrons. The van der Waals surface area contributed by atoms with Crippen LogP contribution in [0.2, 0.25) is 0 Å². The van der Waals surface area contributed by atoms with E-state index in [4.69, 9.17) is 5.11 Å². The Morgan fingerprint density at radius 2 is 2.00 bits per heavy atom. The third-order valence-corrected chi connectivity index (χ3v) is 4.34. The Balaban J connectivity index is 2.79. The molecule has 0 saturated heterocycles. The fraction of sp³-hybridized carbons (Fsp3) is 0.500. The average molecular weight is 313 g/mol. The summed E-state index contributed by atoms with van der Waals surface area (Å²) >= 11 is 1.41. The first-order chi connectivity index (χ1) is 9.86. The van der Waals surface area contributed by atoms with Crippen LogP contribution in [0.1, 0.15) is 31.2 Å². The van der Waals surface area contributed by atoms with Gasteiger partial charge in [-0.2, -0.15) is 0 Å². The second kappa shape index (κ2) is 7.78. The van der Waals surface area contributed by atoms with Crippen LogP contribution in [0.15, 0.2) is 17.5 Å². The smallest absolute Gasteiger partial charge is 0.307 e. The van der Waals surface area contributed by atoms with Gasteiger partial charge >= 0.3 is 11.9 Å². The van der Waals surface area contributed by atoms with Crippen LogP contribution in [-0.4, -0.2) is 30.1 Å². The van der Waals surface area contributed by atoms with Crippen molar-refractivity contribution in [2.45, 2.75) is 26.3 Å². The van der Waals surface area contributed by atoms with Crippen molar-refractivity contribution in [2.24, 2.45) is 11.8 Å². The number of thiophene rings is 1. The molecule has 0 saturated carbocycles. The lowest BCUT2D eigenvalue weighted by Crippen LogP contribution is -2.38. The quantitative estimate of drug-likeness (QED) is 0.749. The number of aliphatic carboxylic acids is 1. The van der Waals surface area contributed by atoms with E-state index in [0.29, 0.717) is 0 Å². The number of carbonyl (C=O) groups is 3. The molecule has 7 heteroatoms. The molecule has 2 N–H and O–H groups in total. The first kappa shape index (κ1) is 17.2. The summed E-state index contributed by atoms with van der Waals surface area (Å²) in [6.07, 6.45) is 0.0108. The molecule has 0 aliphatic rings. The van der Waals surface area contributed by atoms with Crippen LogP contribution in [-0.2, 0) is 19.1 Å². The molecule has 21 heavy (non-hydrogen) atoms. The van der Waals surface area contributed by atoms with E-state index in [0.717, 1.165) is 4.88 Å². The van der Waals surface area contributed by atoms with Crippen LogP contribution in [0.4, 0.5) is 0 Å². The van der Waals surface area contributed by atoms with E-state index in [1.807, 2.05) is 17.5 Å². The normalized spacial score (nSPS) is 14.8. The number of carboxylic acid groups (broad SMARTS) is 1. The second-order valence-corrected chi connectivity index (χ2v) is 5.75. The zero-order chi connectivity index (χ0) is 16.0. The largest absolute Gasteiger partial charge is 0.481 e. The lowest BCUT2D eigenvalue weighted by Gasteiger charge is -2.21. The number of hydrogen-bond acceptors (Lipinski definition) is 5. The van der Waals surface area contributed by atoms with Gasteiger partial charge in [0.25, 0.3) is 0 Å². The summed E-state index contributed by atoms with van der Waals surface area (Å²) in [6, 6.07) is 3.12. The maximum atomic E-state index is 12.1. The molecule has 1 aromatic heterocycles. The number of hydrogen-bond donors (Lipinski definition) is 2. The van der Waals surface area contributed by atoms with Crippen molar-refractivity contribution in [3.63, 3.8) is 0 Å². The van der Waals surface area contributed by atoms with E-state index in [1.54, 1.807) is 6.92 Å². The summed E-state index contributed by atoms with van der Waals surface area (Å²) in [4.78, 5) is 35.3. The van der Waals surface area contributed by atoms with Crippen molar-refractivity contribution >= 4 is 29.2 Å². The zero-order valence-electron chi connectivity index (χ0n) is 12.2. The van der Waals surface area contributed by atoms with Gasteiger partial charge in [0.1, 0.15) is 0 Å². The molecule has 1 amide bonds. The highest BCUT2D eigenvalue weighted by Gasteiger charge is 2.28. The summed E-state index contributed by atoms with van der Waals surface area (Å²) in [5.41, 5.74) is 0. The van der Waals surface area contributed by atoms with Gasteiger partial charge in [-0.1, -0.05) is 19.9 Å². The highest BCUT2D eigenvalue weighted by molar-refractivity contribution is 7.10. The van der Waals surface area contributed by atoms with Crippen LogP contribution < -0.4 is 5.32 Å². The molecular weight excluding hydrogens is 294 g/mol. The molecule has 3 unspecified atom stereocenters. The van der Waals surface area contributed by atoms with Gasteiger partial charge in [0.15, 0.2) is 0 Å². The molecule has 0 aliphatic carbocycles. The highest BCUT2D eigenvalue weighted by Crippen LogP contribution is 2.23. The number of amides is 1. The van der Waals surface area contributed by atoms with Crippen molar-refractivity contribution in [1.29, 1.82) is 0 Å². The summed E-state index contributed by atoms with van der Waals surface area (Å²) < 4.78 is 4.63. The standard InChI is InChI=1S/C14H19NO5S/c1-8(9(2)14(18)19)13(17)15-10(7-12(16)20-3)11-5-4-6-21-11/h4-6,8-10H,7H2,1-3H3,(H,15,17)(H,18,19). The Morgan fingerprint density at radius 3 is 2.48 bits per heavy atom. The maximum absolute atomic E-state index is 12.1. The van der Waals surface area contributed by atoms with Gasteiger partial charge in [0.2, 0.25) is 5.91 Å². The molecule has 3 atom stereocenters. The van der Waals surface area contributed by atoms with Crippen LogP contribution in [0.25, 0.3) is 0 Å². The Labute approximate surface area is 127 Å². The number of ether oxygens (including phenoxy) is 1. The van der Waals surface area contributed by atoms with Gasteiger partial charge in [-0.3, -0.25) is 14.4 Å². The molecule has 1 heterocycles. The third kappa shape index (κ3) is 4.86. The molecule has 6 nitrogen and oxygen atoms in total. The predicted molar refractivity (Wildman–Crippen MR) is 77.8 cm³/mol. The SMILES string of the molecule is COC(=O)CC(NC(=O)C(C)C(C)C(=O)O)c1cccs1. The predicted octanol–water partition coefficient (Wildman–Crippen LogP) is 1.83. The first-order valence-corrected chi connectivity index (χ1v) is 7.38. The molecule has 0 aromatic carbocycles. The monoisotopic (exact) mass is 313 g/mol. The van der Waals surface area contributed by atoms with E-state index >= 15 is 0 Å². The van der Waals surface area contributed by atoms with Gasteiger partial charge in [-0.15, -0.1) is 11.3 Å². The van der Waals surface area contributed by atoms with E-state index < -0.39 is 35.7 Å². The topological polar surface area (TPSA) is 92.7 Å². The molecule has 0 bridgehead atoms. The number of carbonyl (C=O) groups excluding carboxylic acids is 2. The van der Waals surface area contributed by atoms with Crippen molar-refractivity contribution in [3.8, 4) is 0 Å². The minimum atomic E-state index is -1.03. The third-order valence-electron chi connectivity index (χ3n) is 3.35. The van der Waals surface area contributed by atoms with E-state index in [9.17, 15) is 14.4 Å². The number of esters is 1. The van der Waals surface area contributed by atoms with E-state index in [1.165, 1.54) is 25.4 Å². The molecule has 1 aromatic rings.